The summed E-state index contributed by atoms with van der Waals surface area (Å²) in [6, 6.07) is 8.69. The molecular formula is C22H25N5O5. The van der Waals surface area contributed by atoms with E-state index in [1.54, 1.807) is 19.9 Å². The Morgan fingerprint density at radius 2 is 1.88 bits per heavy atom. The molecule has 1 aliphatic rings. The number of nitrogens with one attached hydrogen (secondary N) is 3. The number of hydrogen-bond donors (Lipinski definition) is 3. The molecular weight excluding hydrogens is 414 g/mol. The number of ether oxygens (including phenoxy) is 1. The van der Waals surface area contributed by atoms with Crippen molar-refractivity contribution in [3.8, 4) is 0 Å². The summed E-state index contributed by atoms with van der Waals surface area (Å²) in [7, 11) is 0. The van der Waals surface area contributed by atoms with Crippen molar-refractivity contribution in [1.29, 1.82) is 0 Å². The van der Waals surface area contributed by atoms with Gasteiger partial charge in [0, 0.05) is 12.1 Å². The van der Waals surface area contributed by atoms with Crippen LogP contribution >= 0.6 is 0 Å². The molecule has 2 atom stereocenters. The maximum Gasteiger partial charge on any atom is 0.408 e. The van der Waals surface area contributed by atoms with Crippen LogP contribution in [-0.2, 0) is 38.7 Å². The van der Waals surface area contributed by atoms with Gasteiger partial charge in [-0.3, -0.25) is 14.4 Å². The van der Waals surface area contributed by atoms with Crippen molar-refractivity contribution in [1.82, 2.24) is 25.9 Å². The molecule has 3 rings (SSSR count). The summed E-state index contributed by atoms with van der Waals surface area (Å²) in [4.78, 5) is 58.1. The Balaban J connectivity index is 1.66. The van der Waals surface area contributed by atoms with E-state index in [2.05, 4.69) is 25.9 Å². The van der Waals surface area contributed by atoms with E-state index in [4.69, 9.17) is 4.74 Å². The second kappa shape index (κ2) is 10.5. The lowest BCUT2D eigenvalue weighted by Crippen LogP contribution is -2.56. The maximum atomic E-state index is 12.9. The predicted molar refractivity (Wildman–Crippen MR) is 113 cm³/mol. The molecule has 0 spiro atoms. The highest BCUT2D eigenvalue weighted by Gasteiger charge is 2.32. The lowest BCUT2D eigenvalue weighted by Gasteiger charge is -2.24. The van der Waals surface area contributed by atoms with Crippen LogP contribution in [0.5, 0.6) is 0 Å². The molecule has 1 aliphatic heterocycles. The lowest BCUT2D eigenvalue weighted by atomic mass is 10.0. The van der Waals surface area contributed by atoms with Gasteiger partial charge in [0.15, 0.2) is 0 Å². The summed E-state index contributed by atoms with van der Waals surface area (Å²) in [5.74, 6) is -2.52. The van der Waals surface area contributed by atoms with Crippen molar-refractivity contribution < 1.29 is 23.9 Å². The van der Waals surface area contributed by atoms with Crippen molar-refractivity contribution in [3.63, 3.8) is 0 Å². The largest absolute Gasteiger partial charge is 0.445 e. The summed E-state index contributed by atoms with van der Waals surface area (Å²) < 4.78 is 5.19. The number of carbonyl (C=O) groups is 4. The Hall–Kier alpha value is -3.82. The number of rotatable bonds is 6. The van der Waals surface area contributed by atoms with Crippen LogP contribution in [0, 0.1) is 5.92 Å². The monoisotopic (exact) mass is 439 g/mol. The van der Waals surface area contributed by atoms with Crippen molar-refractivity contribution in [3.05, 3.63) is 59.7 Å². The average Bonchev–Trinajstić information content (AvgIpc) is 2.82. The molecule has 0 radical (unpaired) electrons. The normalized spacial score (nSPS) is 16.8. The van der Waals surface area contributed by atoms with Crippen molar-refractivity contribution >= 4 is 23.7 Å². The molecule has 0 aliphatic carbocycles. The fraction of sp³-hybridized carbons (Fsp3) is 0.364. The van der Waals surface area contributed by atoms with Gasteiger partial charge in [0.05, 0.1) is 12.2 Å². The Kier molecular flexibility index (Phi) is 7.48. The summed E-state index contributed by atoms with van der Waals surface area (Å²) in [5, 5.41) is 7.60. The number of fused-ring (bicyclic) bond motifs is 2. The SMILES string of the molecule is CC(C)C(NC(=O)OCc1ccccc1)C(=O)NC1Cc2cc(ncn2)CNC(=O)C1=O. The number of alkyl carbamates (subject to hydrolysis) is 1. The smallest absolute Gasteiger partial charge is 0.408 e. The first-order chi connectivity index (χ1) is 15.3. The van der Waals surface area contributed by atoms with E-state index in [1.165, 1.54) is 6.33 Å². The fourth-order valence-corrected chi connectivity index (χ4v) is 3.18. The van der Waals surface area contributed by atoms with E-state index in [-0.39, 0.29) is 25.5 Å². The van der Waals surface area contributed by atoms with Gasteiger partial charge in [-0.1, -0.05) is 44.2 Å². The zero-order valence-corrected chi connectivity index (χ0v) is 17.8. The second-order valence-electron chi connectivity index (χ2n) is 7.74. The molecule has 2 aromatic rings. The summed E-state index contributed by atoms with van der Waals surface area (Å²) in [6.45, 7) is 3.63. The molecule has 0 fully saturated rings. The van der Waals surface area contributed by atoms with E-state index in [9.17, 15) is 19.2 Å². The highest BCUT2D eigenvalue weighted by atomic mass is 16.5. The third-order valence-electron chi connectivity index (χ3n) is 4.92. The number of aromatic nitrogens is 2. The van der Waals surface area contributed by atoms with E-state index in [1.807, 2.05) is 30.3 Å². The third-order valence-corrected chi connectivity index (χ3v) is 4.92. The fourth-order valence-electron chi connectivity index (χ4n) is 3.18. The van der Waals surface area contributed by atoms with Gasteiger partial charge < -0.3 is 20.7 Å². The topological polar surface area (TPSA) is 139 Å². The highest BCUT2D eigenvalue weighted by Crippen LogP contribution is 2.09. The number of carbonyl (C=O) groups excluding carboxylic acids is 4. The number of nitrogens with zero attached hydrogens (tertiary/aromatic N) is 2. The molecule has 2 bridgehead atoms. The van der Waals surface area contributed by atoms with Gasteiger partial charge in [-0.15, -0.1) is 0 Å². The van der Waals surface area contributed by atoms with Gasteiger partial charge in [-0.25, -0.2) is 14.8 Å². The van der Waals surface area contributed by atoms with Gasteiger partial charge in [0.2, 0.25) is 11.7 Å². The quantitative estimate of drug-likeness (QED) is 0.562. The molecule has 10 heteroatoms. The molecule has 0 saturated heterocycles. The third kappa shape index (κ3) is 6.10. The van der Waals surface area contributed by atoms with E-state index < -0.39 is 35.8 Å². The Labute approximate surface area is 185 Å². The van der Waals surface area contributed by atoms with Crippen molar-refractivity contribution in [2.24, 2.45) is 5.92 Å². The van der Waals surface area contributed by atoms with Crippen LogP contribution in [0.2, 0.25) is 0 Å². The summed E-state index contributed by atoms with van der Waals surface area (Å²) >= 11 is 0. The summed E-state index contributed by atoms with van der Waals surface area (Å²) in [5.41, 5.74) is 1.88. The first-order valence-corrected chi connectivity index (χ1v) is 10.2. The minimum Gasteiger partial charge on any atom is -0.445 e. The van der Waals surface area contributed by atoms with Crippen LogP contribution < -0.4 is 16.0 Å². The van der Waals surface area contributed by atoms with E-state index in [0.29, 0.717) is 11.4 Å². The van der Waals surface area contributed by atoms with Gasteiger partial charge in [0.1, 0.15) is 25.0 Å². The molecule has 168 valence electrons. The summed E-state index contributed by atoms with van der Waals surface area (Å²) in [6.07, 6.45) is 0.602. The standard InChI is InChI=1S/C22H25N5O5/c1-13(2)18(27-22(31)32-11-14-6-4-3-5-7-14)20(29)26-17-9-15-8-16(25-12-24-15)10-23-21(30)19(17)28/h3-8,12-13,17-18H,9-11H2,1-2H3,(H,23,30)(H,26,29)(H,27,31). The average molecular weight is 439 g/mol. The lowest BCUT2D eigenvalue weighted by molar-refractivity contribution is -0.140. The number of benzene rings is 1. The Bertz CT molecular complexity index is 995. The molecule has 1 aromatic carbocycles. The molecule has 10 nitrogen and oxygen atoms in total. The molecule has 2 heterocycles. The molecule has 1 aromatic heterocycles. The first kappa shape index (κ1) is 22.9. The van der Waals surface area contributed by atoms with Crippen LogP contribution in [0.15, 0.2) is 42.7 Å². The van der Waals surface area contributed by atoms with Gasteiger partial charge in [-0.05, 0) is 17.5 Å². The zero-order chi connectivity index (χ0) is 23.1. The van der Waals surface area contributed by atoms with Crippen molar-refractivity contribution in [2.75, 3.05) is 0 Å². The number of amides is 3. The van der Waals surface area contributed by atoms with Crippen LogP contribution in [-0.4, -0.2) is 45.7 Å². The number of hydrogen-bond acceptors (Lipinski definition) is 7. The zero-order valence-electron chi connectivity index (χ0n) is 17.8. The van der Waals surface area contributed by atoms with Crippen LogP contribution in [0.3, 0.4) is 0 Å². The molecule has 0 saturated carbocycles. The van der Waals surface area contributed by atoms with Crippen LogP contribution in [0.25, 0.3) is 0 Å². The Morgan fingerprint density at radius 3 is 2.59 bits per heavy atom. The first-order valence-electron chi connectivity index (χ1n) is 10.2. The van der Waals surface area contributed by atoms with Crippen LogP contribution in [0.4, 0.5) is 4.79 Å². The maximum absolute atomic E-state index is 12.9. The van der Waals surface area contributed by atoms with Crippen molar-refractivity contribution in [2.45, 2.75) is 45.5 Å². The second-order valence-corrected chi connectivity index (χ2v) is 7.74. The van der Waals surface area contributed by atoms with E-state index in [0.717, 1.165) is 5.56 Å². The van der Waals surface area contributed by atoms with Gasteiger partial charge in [-0.2, -0.15) is 0 Å². The molecule has 3 N–H and O–H groups in total. The van der Waals surface area contributed by atoms with Gasteiger partial charge in [0.25, 0.3) is 5.91 Å². The minimum atomic E-state index is -1.13. The molecule has 3 amide bonds. The number of Topliss-reactive ketones (excluding diaryl/α,β-unsaturated/α-hetero) is 1. The highest BCUT2D eigenvalue weighted by molar-refractivity contribution is 6.38. The number of ketones is 1. The van der Waals surface area contributed by atoms with Crippen LogP contribution in [0.1, 0.15) is 30.8 Å². The van der Waals surface area contributed by atoms with E-state index >= 15 is 0 Å². The Morgan fingerprint density at radius 1 is 1.16 bits per heavy atom. The minimum absolute atomic E-state index is 0.0246. The predicted octanol–water partition coefficient (Wildman–Crippen LogP) is 0.654. The molecule has 2 unspecified atom stereocenters. The van der Waals surface area contributed by atoms with Gasteiger partial charge >= 0.3 is 6.09 Å². The molecule has 32 heavy (non-hydrogen) atoms.